The third-order valence-electron chi connectivity index (χ3n) is 4.69. The quantitative estimate of drug-likeness (QED) is 0.601. The zero-order valence-corrected chi connectivity index (χ0v) is 15.8. The highest BCUT2D eigenvalue weighted by Gasteiger charge is 2.29. The highest BCUT2D eigenvalue weighted by molar-refractivity contribution is 7.89. The summed E-state index contributed by atoms with van der Waals surface area (Å²) in [4.78, 5) is 10.9. The summed E-state index contributed by atoms with van der Waals surface area (Å²) in [6.45, 7) is 1.78. The van der Waals surface area contributed by atoms with Crippen molar-refractivity contribution in [2.45, 2.75) is 17.7 Å². The van der Waals surface area contributed by atoms with Crippen LogP contribution in [0.3, 0.4) is 0 Å². The Kier molecular flexibility index (Phi) is 4.82. The first kappa shape index (κ1) is 18.5. The van der Waals surface area contributed by atoms with Crippen LogP contribution in [0, 0.1) is 10.1 Å². The molecule has 148 valence electrons. The molecule has 2 aromatic rings. The maximum Gasteiger partial charge on any atom is 0.294 e. The Morgan fingerprint density at radius 1 is 1.00 bits per heavy atom. The lowest BCUT2D eigenvalue weighted by Crippen LogP contribution is -2.27. The number of rotatable bonds is 5. The van der Waals surface area contributed by atoms with E-state index in [4.69, 9.17) is 9.47 Å². The number of nitrogens with zero attached hydrogens (tertiary/aromatic N) is 2. The van der Waals surface area contributed by atoms with Crippen LogP contribution in [0.2, 0.25) is 0 Å². The molecule has 0 saturated carbocycles. The fourth-order valence-corrected chi connectivity index (χ4v) is 4.82. The van der Waals surface area contributed by atoms with E-state index in [-0.39, 0.29) is 16.3 Å². The van der Waals surface area contributed by atoms with Gasteiger partial charge in [-0.2, -0.15) is 4.31 Å². The van der Waals surface area contributed by atoms with Crippen molar-refractivity contribution in [3.63, 3.8) is 0 Å². The Balaban J connectivity index is 1.65. The molecule has 0 radical (unpaired) electrons. The van der Waals surface area contributed by atoms with Crippen molar-refractivity contribution in [2.75, 3.05) is 31.6 Å². The third-order valence-corrected chi connectivity index (χ3v) is 6.58. The summed E-state index contributed by atoms with van der Waals surface area (Å²) >= 11 is 0. The number of nitro benzene ring substituents is 1. The van der Waals surface area contributed by atoms with Crippen LogP contribution in [0.15, 0.2) is 41.3 Å². The fraction of sp³-hybridized carbons (Fsp3) is 0.333. The van der Waals surface area contributed by atoms with Crippen LogP contribution in [0.25, 0.3) is 0 Å². The van der Waals surface area contributed by atoms with Crippen molar-refractivity contribution in [3.8, 4) is 11.5 Å². The van der Waals surface area contributed by atoms with Crippen LogP contribution in [0.5, 0.6) is 11.5 Å². The van der Waals surface area contributed by atoms with Gasteiger partial charge in [0.2, 0.25) is 10.0 Å². The molecule has 4 rings (SSSR count). The van der Waals surface area contributed by atoms with Crippen molar-refractivity contribution < 1.29 is 22.8 Å². The molecule has 0 aromatic heterocycles. The van der Waals surface area contributed by atoms with E-state index in [1.165, 1.54) is 16.4 Å². The minimum absolute atomic E-state index is 0.0752. The molecular formula is C18H19N3O6S. The minimum atomic E-state index is -3.73. The summed E-state index contributed by atoms with van der Waals surface area (Å²) in [6, 6.07) is 9.03. The number of benzene rings is 2. The normalized spacial score (nSPS) is 16.7. The van der Waals surface area contributed by atoms with E-state index < -0.39 is 14.9 Å². The predicted molar refractivity (Wildman–Crippen MR) is 102 cm³/mol. The standard InChI is InChI=1S/C18H19N3O6S/c22-21(23)16-12-14(28(24,25)20-7-1-2-8-20)4-5-15(16)19-13-3-6-17-18(11-13)27-10-9-26-17/h3-6,11-12,19H,1-2,7-10H2. The zero-order valence-electron chi connectivity index (χ0n) is 15.0. The maximum absolute atomic E-state index is 12.7. The molecule has 9 nitrogen and oxygen atoms in total. The summed E-state index contributed by atoms with van der Waals surface area (Å²) in [5, 5.41) is 14.5. The lowest BCUT2D eigenvalue weighted by Gasteiger charge is -2.19. The predicted octanol–water partition coefficient (Wildman–Crippen LogP) is 2.89. The number of nitro groups is 1. The highest BCUT2D eigenvalue weighted by Crippen LogP contribution is 2.36. The number of nitrogens with one attached hydrogen (secondary N) is 1. The average Bonchev–Trinajstić information content (AvgIpc) is 3.23. The van der Waals surface area contributed by atoms with Gasteiger partial charge in [0.15, 0.2) is 11.5 Å². The Morgan fingerprint density at radius 3 is 2.43 bits per heavy atom. The van der Waals surface area contributed by atoms with E-state index in [1.54, 1.807) is 18.2 Å². The van der Waals surface area contributed by atoms with Crippen LogP contribution in [0.4, 0.5) is 17.1 Å². The molecule has 0 aliphatic carbocycles. The lowest BCUT2D eigenvalue weighted by molar-refractivity contribution is -0.384. The highest BCUT2D eigenvalue weighted by atomic mass is 32.2. The molecule has 1 fully saturated rings. The van der Waals surface area contributed by atoms with Crippen molar-refractivity contribution in [1.82, 2.24) is 4.31 Å². The Bertz CT molecular complexity index is 1020. The fourth-order valence-electron chi connectivity index (χ4n) is 3.28. The molecule has 28 heavy (non-hydrogen) atoms. The van der Waals surface area contributed by atoms with Crippen molar-refractivity contribution in [2.24, 2.45) is 0 Å². The van der Waals surface area contributed by atoms with Gasteiger partial charge in [-0.15, -0.1) is 0 Å². The molecule has 2 aromatic carbocycles. The van der Waals surface area contributed by atoms with Crippen molar-refractivity contribution in [1.29, 1.82) is 0 Å². The number of anilines is 2. The first-order chi connectivity index (χ1) is 13.4. The van der Waals surface area contributed by atoms with Crippen LogP contribution < -0.4 is 14.8 Å². The molecule has 0 amide bonds. The van der Waals surface area contributed by atoms with Crippen LogP contribution in [-0.2, 0) is 10.0 Å². The van der Waals surface area contributed by atoms with E-state index in [2.05, 4.69) is 5.32 Å². The maximum atomic E-state index is 12.7. The van der Waals surface area contributed by atoms with Crippen LogP contribution >= 0.6 is 0 Å². The molecular weight excluding hydrogens is 386 g/mol. The Labute approximate surface area is 162 Å². The monoisotopic (exact) mass is 405 g/mol. The van der Waals surface area contributed by atoms with E-state index in [0.29, 0.717) is 43.5 Å². The Morgan fingerprint density at radius 2 is 1.71 bits per heavy atom. The van der Waals surface area contributed by atoms with Gasteiger partial charge in [-0.05, 0) is 37.1 Å². The molecule has 10 heteroatoms. The number of sulfonamides is 1. The van der Waals surface area contributed by atoms with Gasteiger partial charge in [-0.25, -0.2) is 8.42 Å². The molecule has 0 spiro atoms. The van der Waals surface area contributed by atoms with Crippen molar-refractivity contribution >= 4 is 27.1 Å². The Hall–Kier alpha value is -2.85. The number of hydrogen-bond acceptors (Lipinski definition) is 7. The van der Waals surface area contributed by atoms with Gasteiger partial charge in [0.25, 0.3) is 5.69 Å². The van der Waals surface area contributed by atoms with E-state index in [9.17, 15) is 18.5 Å². The summed E-state index contributed by atoms with van der Waals surface area (Å²) < 4.78 is 37.7. The van der Waals surface area contributed by atoms with E-state index in [1.807, 2.05) is 0 Å². The van der Waals surface area contributed by atoms with Gasteiger partial charge >= 0.3 is 0 Å². The number of fused-ring (bicyclic) bond motifs is 1. The van der Waals surface area contributed by atoms with Crippen LogP contribution in [-0.4, -0.2) is 43.9 Å². The van der Waals surface area contributed by atoms with E-state index >= 15 is 0 Å². The summed E-state index contributed by atoms with van der Waals surface area (Å²) in [7, 11) is -3.73. The molecule has 2 aliphatic heterocycles. The van der Waals surface area contributed by atoms with Crippen molar-refractivity contribution in [3.05, 3.63) is 46.5 Å². The smallest absolute Gasteiger partial charge is 0.294 e. The first-order valence-electron chi connectivity index (χ1n) is 8.90. The second-order valence-corrected chi connectivity index (χ2v) is 8.47. The van der Waals surface area contributed by atoms with Gasteiger partial charge in [0, 0.05) is 30.9 Å². The summed E-state index contributed by atoms with van der Waals surface area (Å²) in [6.07, 6.45) is 1.59. The number of hydrogen-bond donors (Lipinski definition) is 1. The largest absolute Gasteiger partial charge is 0.486 e. The second kappa shape index (κ2) is 7.28. The SMILES string of the molecule is O=[N+]([O-])c1cc(S(=O)(=O)N2CCCC2)ccc1Nc1ccc2c(c1)OCCO2. The summed E-state index contributed by atoms with van der Waals surface area (Å²) in [5.74, 6) is 1.16. The van der Waals surface area contributed by atoms with Crippen LogP contribution in [0.1, 0.15) is 12.8 Å². The number of ether oxygens (including phenoxy) is 2. The van der Waals surface area contributed by atoms with Gasteiger partial charge in [-0.3, -0.25) is 10.1 Å². The van der Waals surface area contributed by atoms with Gasteiger partial charge in [0.1, 0.15) is 18.9 Å². The third kappa shape index (κ3) is 3.48. The first-order valence-corrected chi connectivity index (χ1v) is 10.3. The zero-order chi connectivity index (χ0) is 19.7. The van der Waals surface area contributed by atoms with Gasteiger partial charge in [-0.1, -0.05) is 0 Å². The topological polar surface area (TPSA) is 111 Å². The molecule has 0 bridgehead atoms. The molecule has 1 N–H and O–H groups in total. The van der Waals surface area contributed by atoms with E-state index in [0.717, 1.165) is 18.9 Å². The minimum Gasteiger partial charge on any atom is -0.486 e. The molecule has 2 heterocycles. The second-order valence-electron chi connectivity index (χ2n) is 6.53. The molecule has 2 aliphatic rings. The summed E-state index contributed by atoms with van der Waals surface area (Å²) in [5.41, 5.74) is 0.458. The van der Waals surface area contributed by atoms with Gasteiger partial charge < -0.3 is 14.8 Å². The molecule has 0 unspecified atom stereocenters. The molecule has 1 saturated heterocycles. The lowest BCUT2D eigenvalue weighted by atomic mass is 10.2. The van der Waals surface area contributed by atoms with Gasteiger partial charge in [0.05, 0.1) is 9.82 Å². The molecule has 0 atom stereocenters. The average molecular weight is 405 g/mol.